The Balaban J connectivity index is 1.51. The summed E-state index contributed by atoms with van der Waals surface area (Å²) in [7, 11) is 3.76. The maximum Gasteiger partial charge on any atom is 0.416 e. The van der Waals surface area contributed by atoms with Gasteiger partial charge in [-0.15, -0.1) is 0 Å². The number of hydrogen-bond acceptors (Lipinski definition) is 8. The molecule has 1 aromatic heterocycles. The van der Waals surface area contributed by atoms with Gasteiger partial charge < -0.3 is 4.90 Å². The van der Waals surface area contributed by atoms with Crippen molar-refractivity contribution in [3.8, 4) is 6.07 Å². The Morgan fingerprint density at radius 2 is 2.12 bits per heavy atom. The van der Waals surface area contributed by atoms with Gasteiger partial charge in [-0.1, -0.05) is 29.6 Å². The molecule has 12 heteroatoms. The van der Waals surface area contributed by atoms with E-state index in [0.29, 0.717) is 27.1 Å². The summed E-state index contributed by atoms with van der Waals surface area (Å²) in [6.45, 7) is 1.52. The molecule has 3 heterocycles. The normalized spacial score (nSPS) is 18.7. The highest BCUT2D eigenvalue weighted by atomic mass is 32.2. The summed E-state index contributed by atoms with van der Waals surface area (Å²) >= 11 is 2.49. The molecule has 0 radical (unpaired) electrons. The van der Waals surface area contributed by atoms with Crippen molar-refractivity contribution in [3.63, 3.8) is 0 Å². The van der Waals surface area contributed by atoms with Gasteiger partial charge in [0.2, 0.25) is 0 Å². The molecule has 7 nitrogen and oxygen atoms in total. The summed E-state index contributed by atoms with van der Waals surface area (Å²) in [5.41, 5.74) is 0.0118. The van der Waals surface area contributed by atoms with E-state index in [1.165, 1.54) is 34.3 Å². The smallest absolute Gasteiger partial charge is 0.302 e. The highest BCUT2D eigenvalue weighted by Gasteiger charge is 2.31. The van der Waals surface area contributed by atoms with Gasteiger partial charge in [-0.2, -0.15) is 28.6 Å². The molecule has 0 aliphatic carbocycles. The largest absolute Gasteiger partial charge is 0.416 e. The van der Waals surface area contributed by atoms with E-state index in [1.54, 1.807) is 18.3 Å². The lowest BCUT2D eigenvalue weighted by molar-refractivity contribution is -0.137. The molecule has 1 fully saturated rings. The minimum atomic E-state index is -4.51. The molecule has 0 N–H and O–H groups in total. The fourth-order valence-corrected chi connectivity index (χ4v) is 5.99. The van der Waals surface area contributed by atoms with Crippen molar-refractivity contribution in [1.29, 1.82) is 5.26 Å². The Kier molecular flexibility index (Phi) is 6.74. The molecule has 0 bridgehead atoms. The monoisotopic (exact) mass is 494 g/mol. The fraction of sp³-hybridized carbons (Fsp3) is 0.429. The van der Waals surface area contributed by atoms with Crippen LogP contribution in [0.1, 0.15) is 29.5 Å². The van der Waals surface area contributed by atoms with Crippen molar-refractivity contribution in [2.45, 2.75) is 42.3 Å². The third kappa shape index (κ3) is 5.05. The van der Waals surface area contributed by atoms with E-state index in [4.69, 9.17) is 0 Å². The van der Waals surface area contributed by atoms with Crippen LogP contribution in [-0.2, 0) is 18.5 Å². The number of fused-ring (bicyclic) bond motifs is 1. The Morgan fingerprint density at radius 3 is 2.79 bits per heavy atom. The molecule has 0 saturated carbocycles. The minimum absolute atomic E-state index is 0.0280. The predicted octanol–water partition coefficient (Wildman–Crippen LogP) is 3.97. The van der Waals surface area contributed by atoms with Crippen LogP contribution >= 0.6 is 23.5 Å². The summed E-state index contributed by atoms with van der Waals surface area (Å²) in [6.07, 6.45) is -0.756. The van der Waals surface area contributed by atoms with Crippen LogP contribution < -0.4 is 10.6 Å². The lowest BCUT2D eigenvalue weighted by atomic mass is 10.1. The Bertz CT molecular complexity index is 1190. The second-order valence-electron chi connectivity index (χ2n) is 7.88. The third-order valence-electron chi connectivity index (χ3n) is 5.71. The zero-order valence-electron chi connectivity index (χ0n) is 18.0. The second-order valence-corrected chi connectivity index (χ2v) is 10.1. The zero-order chi connectivity index (χ0) is 23.8. The summed E-state index contributed by atoms with van der Waals surface area (Å²) < 4.78 is 40.9. The summed E-state index contributed by atoms with van der Waals surface area (Å²) in [5, 5.41) is 19.7. The van der Waals surface area contributed by atoms with Gasteiger partial charge in [-0.25, -0.2) is 4.68 Å². The van der Waals surface area contributed by atoms with Gasteiger partial charge in [-0.05, 0) is 44.1 Å². The van der Waals surface area contributed by atoms with E-state index in [1.807, 2.05) is 13.1 Å². The Hall–Kier alpha value is -2.49. The first-order valence-corrected chi connectivity index (χ1v) is 12.0. The number of thioether (sulfide) groups is 2. The maximum absolute atomic E-state index is 13.1. The van der Waals surface area contributed by atoms with Crippen LogP contribution in [0.15, 0.2) is 39.2 Å². The van der Waals surface area contributed by atoms with Gasteiger partial charge in [0.1, 0.15) is 4.90 Å². The molecule has 0 amide bonds. The highest BCUT2D eigenvalue weighted by Crippen LogP contribution is 2.37. The maximum atomic E-state index is 13.1. The number of hydrogen-bond donors (Lipinski definition) is 0. The average Bonchev–Trinajstić information content (AvgIpc) is 3.18. The number of nitriles is 1. The molecule has 2 aromatic rings. The number of aromatic nitrogens is 2. The summed E-state index contributed by atoms with van der Waals surface area (Å²) in [4.78, 5) is 15.9. The zero-order valence-corrected chi connectivity index (χ0v) is 19.6. The number of benzene rings is 1. The number of likely N-dealkylation sites (N-methyl/N-ethyl adjacent to an activating group) is 1. The van der Waals surface area contributed by atoms with Gasteiger partial charge >= 0.3 is 6.18 Å². The fourth-order valence-electron chi connectivity index (χ4n) is 3.79. The van der Waals surface area contributed by atoms with Gasteiger partial charge in [0.15, 0.2) is 4.38 Å². The number of nitrogens with zero attached hydrogens (tertiary/aromatic N) is 6. The van der Waals surface area contributed by atoms with Crippen molar-refractivity contribution in [2.24, 2.45) is 5.10 Å². The van der Waals surface area contributed by atoms with E-state index >= 15 is 0 Å². The molecule has 1 atom stereocenters. The van der Waals surface area contributed by atoms with Gasteiger partial charge in [0.25, 0.3) is 5.56 Å². The Labute approximate surface area is 197 Å². The molecule has 174 valence electrons. The van der Waals surface area contributed by atoms with E-state index in [9.17, 15) is 23.2 Å². The first-order chi connectivity index (χ1) is 15.7. The molecule has 4 rings (SSSR count). The van der Waals surface area contributed by atoms with Crippen LogP contribution in [-0.4, -0.2) is 45.7 Å². The molecule has 2 aliphatic rings. The van der Waals surface area contributed by atoms with E-state index in [0.717, 1.165) is 31.5 Å². The quantitative estimate of drug-likeness (QED) is 0.636. The van der Waals surface area contributed by atoms with Crippen LogP contribution in [0.3, 0.4) is 0 Å². The topological polar surface area (TPSA) is 77.5 Å². The number of halogens is 3. The molecule has 0 spiro atoms. The molecule has 1 saturated heterocycles. The second kappa shape index (κ2) is 9.40. The molecule has 2 aliphatic heterocycles. The Morgan fingerprint density at radius 1 is 1.33 bits per heavy atom. The van der Waals surface area contributed by atoms with Crippen molar-refractivity contribution in [2.75, 3.05) is 25.6 Å². The van der Waals surface area contributed by atoms with Gasteiger partial charge in [-0.3, -0.25) is 9.80 Å². The van der Waals surface area contributed by atoms with Crippen LogP contribution in [0.2, 0.25) is 0 Å². The molecule has 1 unspecified atom stereocenters. The minimum Gasteiger partial charge on any atom is -0.302 e. The summed E-state index contributed by atoms with van der Waals surface area (Å²) in [6, 6.07) is 5.25. The number of hydrazone groups is 1. The van der Waals surface area contributed by atoms with Crippen LogP contribution in [0.4, 0.5) is 18.9 Å². The highest BCUT2D eigenvalue weighted by molar-refractivity contribution is 8.38. The lowest BCUT2D eigenvalue weighted by Gasteiger charge is -2.24. The SMILES string of the molecule is CN1N=C(SCc2ccc(C(F)(F)F)cc2C#N)Sc2c1cnn(CC1CCCN1C)c2=O. The van der Waals surface area contributed by atoms with Crippen molar-refractivity contribution in [3.05, 3.63) is 51.4 Å². The molecule has 33 heavy (non-hydrogen) atoms. The number of anilines is 1. The van der Waals surface area contributed by atoms with E-state index in [-0.39, 0.29) is 22.9 Å². The predicted molar refractivity (Wildman–Crippen MR) is 123 cm³/mol. The number of alkyl halides is 3. The van der Waals surface area contributed by atoms with Crippen molar-refractivity contribution >= 4 is 33.6 Å². The lowest BCUT2D eigenvalue weighted by Crippen LogP contribution is -2.36. The first-order valence-electron chi connectivity index (χ1n) is 10.2. The van der Waals surface area contributed by atoms with Gasteiger partial charge in [0.05, 0.1) is 35.6 Å². The van der Waals surface area contributed by atoms with Crippen LogP contribution in [0.25, 0.3) is 0 Å². The van der Waals surface area contributed by atoms with Gasteiger partial charge in [0, 0.05) is 18.8 Å². The molecule has 1 aromatic carbocycles. The molecular weight excluding hydrogens is 473 g/mol. The standard InChI is InChI=1S/C21H21F3N6OS2/c1-28-7-3-4-16(28)11-30-19(31)18-17(10-26-30)29(2)27-20(33-18)32-12-13-5-6-15(21(22,23)24)8-14(13)9-25/h5-6,8,10,16H,3-4,7,11-12H2,1-2H3. The van der Waals surface area contributed by atoms with E-state index in [2.05, 4.69) is 15.1 Å². The van der Waals surface area contributed by atoms with Crippen LogP contribution in [0, 0.1) is 11.3 Å². The van der Waals surface area contributed by atoms with Crippen molar-refractivity contribution < 1.29 is 13.2 Å². The number of rotatable bonds is 4. The first kappa shape index (κ1) is 23.7. The average molecular weight is 495 g/mol. The number of likely N-dealkylation sites (tertiary alicyclic amines) is 1. The third-order valence-corrected chi connectivity index (χ3v) is 7.95. The summed E-state index contributed by atoms with van der Waals surface area (Å²) in [5.74, 6) is 0.252. The van der Waals surface area contributed by atoms with E-state index < -0.39 is 11.7 Å². The van der Waals surface area contributed by atoms with Crippen LogP contribution in [0.5, 0.6) is 0 Å². The molecular formula is C21H21F3N6OS2. The van der Waals surface area contributed by atoms with Crippen molar-refractivity contribution in [1.82, 2.24) is 14.7 Å².